The molecule has 0 spiro atoms. The highest BCUT2D eigenvalue weighted by Gasteiger charge is 2.32. The Kier molecular flexibility index (Phi) is 9.15. The largest absolute Gasteiger partial charge is 0.457 e. The minimum Gasteiger partial charge on any atom is -0.457 e. The van der Waals surface area contributed by atoms with E-state index in [-0.39, 0.29) is 0 Å². The summed E-state index contributed by atoms with van der Waals surface area (Å²) in [5.41, 5.74) is 0. The van der Waals surface area contributed by atoms with Crippen LogP contribution in [0.25, 0.3) is 0 Å². The van der Waals surface area contributed by atoms with Gasteiger partial charge in [0, 0.05) is 6.04 Å². The highest BCUT2D eigenvalue weighted by Crippen LogP contribution is 2.29. The van der Waals surface area contributed by atoms with Crippen molar-refractivity contribution in [2.24, 2.45) is 0 Å². The molecule has 2 N–H and O–H groups in total. The highest BCUT2D eigenvalue weighted by molar-refractivity contribution is 7.27. The zero-order chi connectivity index (χ0) is 12.4. The van der Waals surface area contributed by atoms with Crippen LogP contribution in [0.4, 0.5) is 0 Å². The van der Waals surface area contributed by atoms with Crippen LogP contribution in [0.15, 0.2) is 0 Å². The summed E-state index contributed by atoms with van der Waals surface area (Å²) in [6, 6.07) is -0.950. The molecule has 0 aliphatic rings. The summed E-state index contributed by atoms with van der Waals surface area (Å²) in [5.74, 6) is 0. The average molecular weight is 227 g/mol. The summed E-state index contributed by atoms with van der Waals surface area (Å²) in [4.78, 5) is 0. The predicted molar refractivity (Wildman–Crippen MR) is 75.1 cm³/mol. The van der Waals surface area contributed by atoms with Crippen molar-refractivity contribution in [1.82, 2.24) is 0 Å². The van der Waals surface area contributed by atoms with Crippen molar-refractivity contribution in [3.63, 3.8) is 0 Å². The molecule has 0 amide bonds. The number of hydrogen-bond acceptors (Lipinski definition) is 2. The summed E-state index contributed by atoms with van der Waals surface area (Å²) in [5, 5.41) is 19.5. The van der Waals surface area contributed by atoms with Crippen molar-refractivity contribution < 1.29 is 10.0 Å². The van der Waals surface area contributed by atoms with Crippen LogP contribution in [-0.4, -0.2) is 23.1 Å². The van der Waals surface area contributed by atoms with E-state index in [1.165, 1.54) is 0 Å². The van der Waals surface area contributed by atoms with E-state index in [9.17, 15) is 10.0 Å². The molecule has 4 heteroatoms. The second-order valence-corrected chi connectivity index (χ2v) is 5.41. The van der Waals surface area contributed by atoms with Gasteiger partial charge in [-0.05, 0) is 0 Å². The zero-order valence-electron chi connectivity index (χ0n) is 11.4. The number of unbranched alkanes of at least 4 members (excludes halogenated alkanes) is 3. The van der Waals surface area contributed by atoms with E-state index in [1.54, 1.807) is 0 Å². The van der Waals surface area contributed by atoms with Crippen LogP contribution in [-0.2, 0) is 0 Å². The lowest BCUT2D eigenvalue weighted by molar-refractivity contribution is 0.428. The van der Waals surface area contributed by atoms with Gasteiger partial charge < -0.3 is 10.0 Å². The van der Waals surface area contributed by atoms with Crippen molar-refractivity contribution in [1.29, 1.82) is 0 Å². The van der Waals surface area contributed by atoms with Crippen LogP contribution in [0.1, 0.15) is 59.3 Å². The first-order valence-electron chi connectivity index (χ1n) is 7.20. The topological polar surface area (TPSA) is 40.5 Å². The van der Waals surface area contributed by atoms with E-state index in [1.807, 2.05) is 0 Å². The maximum atomic E-state index is 9.73. The van der Waals surface area contributed by atoms with Crippen molar-refractivity contribution >= 4 is 13.0 Å². The van der Waals surface area contributed by atoms with Gasteiger partial charge in [-0.1, -0.05) is 59.3 Å². The Morgan fingerprint density at radius 1 is 0.750 bits per heavy atom. The third kappa shape index (κ3) is 5.40. The van der Waals surface area contributed by atoms with Crippen LogP contribution in [0.2, 0.25) is 19.0 Å². The molecule has 0 aromatic carbocycles. The minimum absolute atomic E-state index is 0.950. The van der Waals surface area contributed by atoms with Crippen LogP contribution in [0.3, 0.4) is 0 Å². The smallest absolute Gasteiger partial charge is 0.250 e. The van der Waals surface area contributed by atoms with Gasteiger partial charge in [-0.2, -0.15) is 19.0 Å². The fourth-order valence-corrected chi connectivity index (χ4v) is 2.71. The molecule has 0 bridgehead atoms. The van der Waals surface area contributed by atoms with Crippen molar-refractivity contribution in [2.75, 3.05) is 0 Å². The lowest BCUT2D eigenvalue weighted by Gasteiger charge is -2.39. The first kappa shape index (κ1) is 16.0. The standard InChI is InChI=1S/C12H29B2O2/c1-4-7-10-14(13(15)16,11-8-5-2)12-9-6-3/h15-16H,4-12H2,1-3H3/q-1. The summed E-state index contributed by atoms with van der Waals surface area (Å²) in [7, 11) is -1.08. The van der Waals surface area contributed by atoms with Gasteiger partial charge in [0.25, 0.3) is 0 Å². The van der Waals surface area contributed by atoms with Gasteiger partial charge in [0.1, 0.15) is 0 Å². The molecule has 0 aromatic rings. The lowest BCUT2D eigenvalue weighted by atomic mass is 9.01. The van der Waals surface area contributed by atoms with E-state index < -0.39 is 13.0 Å². The molecule has 0 radical (unpaired) electrons. The lowest BCUT2D eigenvalue weighted by Crippen LogP contribution is -2.51. The SMILES string of the molecule is CCCC[B-](CCCC)(CCCC)B(O)O. The monoisotopic (exact) mass is 227 g/mol. The molecular formula is C12H29B2O2-. The van der Waals surface area contributed by atoms with Crippen LogP contribution < -0.4 is 0 Å². The summed E-state index contributed by atoms with van der Waals surface area (Å²) in [6.07, 6.45) is 9.90. The molecule has 0 fully saturated rings. The summed E-state index contributed by atoms with van der Waals surface area (Å²) < 4.78 is 0. The maximum absolute atomic E-state index is 9.73. The van der Waals surface area contributed by atoms with Crippen molar-refractivity contribution in [3.8, 4) is 0 Å². The van der Waals surface area contributed by atoms with E-state index >= 15 is 0 Å². The van der Waals surface area contributed by atoms with Crippen LogP contribution in [0, 0.1) is 0 Å². The molecule has 0 aliphatic carbocycles. The second-order valence-electron chi connectivity index (χ2n) is 5.41. The summed E-state index contributed by atoms with van der Waals surface area (Å²) >= 11 is 0. The van der Waals surface area contributed by atoms with Gasteiger partial charge in [-0.25, -0.2) is 0 Å². The second kappa shape index (κ2) is 9.12. The van der Waals surface area contributed by atoms with E-state index in [4.69, 9.17) is 0 Å². The summed E-state index contributed by atoms with van der Waals surface area (Å²) in [6.45, 7) is 6.51. The molecule has 96 valence electrons. The molecule has 0 saturated carbocycles. The van der Waals surface area contributed by atoms with Gasteiger partial charge in [0.15, 0.2) is 0 Å². The Morgan fingerprint density at radius 3 is 1.25 bits per heavy atom. The molecule has 2 nitrogen and oxygen atoms in total. The van der Waals surface area contributed by atoms with Gasteiger partial charge in [0.2, 0.25) is 7.01 Å². The third-order valence-electron chi connectivity index (χ3n) is 4.03. The maximum Gasteiger partial charge on any atom is 0.250 e. The Hall–Kier alpha value is 0.0499. The van der Waals surface area contributed by atoms with Crippen LogP contribution in [0.5, 0.6) is 0 Å². The fourth-order valence-electron chi connectivity index (χ4n) is 2.71. The minimum atomic E-state index is -1.08. The van der Waals surface area contributed by atoms with Gasteiger partial charge in [0.05, 0.1) is 0 Å². The quantitative estimate of drug-likeness (QED) is 0.561. The first-order valence-corrected chi connectivity index (χ1v) is 7.20. The molecule has 0 saturated heterocycles. The normalized spacial score (nSPS) is 11.8. The molecule has 0 unspecified atom stereocenters. The highest BCUT2D eigenvalue weighted by atomic mass is 16.4. The van der Waals surface area contributed by atoms with Crippen LogP contribution >= 0.6 is 0 Å². The Balaban J connectivity index is 4.46. The van der Waals surface area contributed by atoms with Gasteiger partial charge in [-0.15, -0.1) is 0 Å². The Bertz CT molecular complexity index is 141. The first-order chi connectivity index (χ1) is 7.63. The molecule has 0 heterocycles. The Morgan fingerprint density at radius 2 is 1.06 bits per heavy atom. The van der Waals surface area contributed by atoms with Gasteiger partial charge in [-0.3, -0.25) is 0 Å². The third-order valence-corrected chi connectivity index (χ3v) is 4.03. The van der Waals surface area contributed by atoms with Gasteiger partial charge >= 0.3 is 0 Å². The number of rotatable bonds is 10. The molecule has 16 heavy (non-hydrogen) atoms. The molecule has 0 aromatic heterocycles. The fraction of sp³-hybridized carbons (Fsp3) is 1.00. The number of hydrogen-bond donors (Lipinski definition) is 2. The molecule has 0 rings (SSSR count). The Labute approximate surface area is 102 Å². The van der Waals surface area contributed by atoms with Crippen molar-refractivity contribution in [2.45, 2.75) is 78.3 Å². The van der Waals surface area contributed by atoms with E-state index in [2.05, 4.69) is 20.8 Å². The zero-order valence-corrected chi connectivity index (χ0v) is 11.4. The van der Waals surface area contributed by atoms with E-state index in [0.29, 0.717) is 0 Å². The van der Waals surface area contributed by atoms with Crippen molar-refractivity contribution in [3.05, 3.63) is 0 Å². The average Bonchev–Trinajstić information content (AvgIpc) is 2.28. The molecule has 0 atom stereocenters. The molecular weight excluding hydrogens is 198 g/mol. The van der Waals surface area contributed by atoms with E-state index in [0.717, 1.165) is 57.5 Å². The molecule has 0 aliphatic heterocycles. The predicted octanol–water partition coefficient (Wildman–Crippen LogP) is 3.39.